The number of halogens is 1. The lowest BCUT2D eigenvalue weighted by molar-refractivity contribution is -0.134. The molecule has 0 saturated carbocycles. The number of hydrogen-bond acceptors (Lipinski definition) is 4. The van der Waals surface area contributed by atoms with Crippen molar-refractivity contribution in [2.45, 2.75) is 19.5 Å². The van der Waals surface area contributed by atoms with Crippen LogP contribution in [0.25, 0.3) is 0 Å². The molecule has 1 heterocycles. The Bertz CT molecular complexity index is 493. The van der Waals surface area contributed by atoms with Gasteiger partial charge >= 0.3 is 0 Å². The van der Waals surface area contributed by atoms with Gasteiger partial charge in [-0.15, -0.1) is 12.4 Å². The zero-order valence-corrected chi connectivity index (χ0v) is 14.1. The van der Waals surface area contributed by atoms with E-state index in [-0.39, 0.29) is 36.8 Å². The van der Waals surface area contributed by atoms with Gasteiger partial charge in [0.2, 0.25) is 11.8 Å². The first kappa shape index (κ1) is 19.4. The lowest BCUT2D eigenvalue weighted by Gasteiger charge is -2.24. The molecule has 1 aromatic carbocycles. The molecule has 0 aromatic heterocycles. The molecule has 0 aliphatic carbocycles. The first-order valence-electron chi connectivity index (χ1n) is 7.61. The number of hydrogen-bond donors (Lipinski definition) is 2. The van der Waals surface area contributed by atoms with E-state index in [1.165, 1.54) is 0 Å². The molecular formula is C16H24ClN3O3. The van der Waals surface area contributed by atoms with Gasteiger partial charge in [-0.3, -0.25) is 9.59 Å². The minimum atomic E-state index is -0.370. The van der Waals surface area contributed by atoms with E-state index in [0.29, 0.717) is 32.8 Å². The second-order valence-electron chi connectivity index (χ2n) is 5.19. The predicted molar refractivity (Wildman–Crippen MR) is 90.4 cm³/mol. The standard InChI is InChI=1S/C16H23N3O3.ClH/c1-2-19(11-13-6-4-3-5-7-13)15(20)10-18-16(21)14-12-22-9-8-17-14;/h3-7,14,17H,2,8-12H2,1H3,(H,18,21);1H. The van der Waals surface area contributed by atoms with Crippen molar-refractivity contribution >= 4 is 24.2 Å². The maximum absolute atomic E-state index is 12.2. The lowest BCUT2D eigenvalue weighted by atomic mass is 10.2. The van der Waals surface area contributed by atoms with E-state index in [1.54, 1.807) is 4.90 Å². The van der Waals surface area contributed by atoms with Gasteiger partial charge in [-0.25, -0.2) is 0 Å². The van der Waals surface area contributed by atoms with Crippen LogP contribution in [0.3, 0.4) is 0 Å². The topological polar surface area (TPSA) is 70.7 Å². The van der Waals surface area contributed by atoms with Gasteiger partial charge in [0.1, 0.15) is 6.04 Å². The molecule has 7 heteroatoms. The van der Waals surface area contributed by atoms with Gasteiger partial charge in [-0.05, 0) is 12.5 Å². The second kappa shape index (κ2) is 10.2. The third kappa shape index (κ3) is 6.17. The molecule has 2 N–H and O–H groups in total. The Morgan fingerprint density at radius 1 is 1.35 bits per heavy atom. The number of rotatable bonds is 6. The van der Waals surface area contributed by atoms with Crippen molar-refractivity contribution in [1.29, 1.82) is 0 Å². The van der Waals surface area contributed by atoms with Crippen LogP contribution in [0.2, 0.25) is 0 Å². The highest BCUT2D eigenvalue weighted by Gasteiger charge is 2.22. The molecule has 0 radical (unpaired) electrons. The average Bonchev–Trinajstić information content (AvgIpc) is 2.59. The average molecular weight is 342 g/mol. The molecule has 1 saturated heterocycles. The summed E-state index contributed by atoms with van der Waals surface area (Å²) in [5.74, 6) is -0.278. The quantitative estimate of drug-likeness (QED) is 0.793. The Labute approximate surface area is 143 Å². The number of amides is 2. The Kier molecular flexibility index (Phi) is 8.61. The summed E-state index contributed by atoms with van der Waals surface area (Å²) in [4.78, 5) is 25.9. The minimum absolute atomic E-state index is 0. The molecule has 1 atom stereocenters. The maximum atomic E-state index is 12.2. The summed E-state index contributed by atoms with van der Waals surface area (Å²) in [7, 11) is 0. The molecule has 128 valence electrons. The van der Waals surface area contributed by atoms with Crippen LogP contribution in [-0.2, 0) is 20.9 Å². The van der Waals surface area contributed by atoms with E-state index in [1.807, 2.05) is 37.3 Å². The van der Waals surface area contributed by atoms with Crippen molar-refractivity contribution in [2.24, 2.45) is 0 Å². The largest absolute Gasteiger partial charge is 0.378 e. The zero-order chi connectivity index (χ0) is 15.8. The Balaban J connectivity index is 0.00000264. The fourth-order valence-electron chi connectivity index (χ4n) is 2.31. The van der Waals surface area contributed by atoms with Crippen LogP contribution in [-0.4, -0.2) is 55.6 Å². The summed E-state index contributed by atoms with van der Waals surface area (Å²) < 4.78 is 5.24. The van der Waals surface area contributed by atoms with Gasteiger partial charge in [0.15, 0.2) is 0 Å². The van der Waals surface area contributed by atoms with Crippen molar-refractivity contribution in [3.05, 3.63) is 35.9 Å². The highest BCUT2D eigenvalue weighted by atomic mass is 35.5. The third-order valence-corrected chi connectivity index (χ3v) is 3.60. The van der Waals surface area contributed by atoms with Crippen molar-refractivity contribution < 1.29 is 14.3 Å². The Morgan fingerprint density at radius 2 is 2.09 bits per heavy atom. The van der Waals surface area contributed by atoms with Gasteiger partial charge in [0, 0.05) is 19.6 Å². The van der Waals surface area contributed by atoms with Crippen LogP contribution in [0, 0.1) is 0 Å². The van der Waals surface area contributed by atoms with E-state index in [0.717, 1.165) is 5.56 Å². The van der Waals surface area contributed by atoms with Crippen LogP contribution in [0.4, 0.5) is 0 Å². The SMILES string of the molecule is CCN(Cc1ccccc1)C(=O)CNC(=O)C1COCCN1.Cl. The number of benzene rings is 1. The number of ether oxygens (including phenoxy) is 1. The summed E-state index contributed by atoms with van der Waals surface area (Å²) in [6.45, 7) is 4.72. The van der Waals surface area contributed by atoms with Crippen molar-refractivity contribution in [3.8, 4) is 0 Å². The Morgan fingerprint density at radius 3 is 2.70 bits per heavy atom. The number of carbonyl (C=O) groups is 2. The molecule has 1 aromatic rings. The van der Waals surface area contributed by atoms with Crippen molar-refractivity contribution in [2.75, 3.05) is 32.8 Å². The van der Waals surface area contributed by atoms with Gasteiger partial charge in [0.05, 0.1) is 19.8 Å². The minimum Gasteiger partial charge on any atom is -0.378 e. The van der Waals surface area contributed by atoms with E-state index in [2.05, 4.69) is 10.6 Å². The van der Waals surface area contributed by atoms with Gasteiger partial charge in [-0.1, -0.05) is 30.3 Å². The molecule has 23 heavy (non-hydrogen) atoms. The molecule has 1 aliphatic rings. The van der Waals surface area contributed by atoms with Crippen LogP contribution in [0.5, 0.6) is 0 Å². The molecule has 6 nitrogen and oxygen atoms in total. The summed E-state index contributed by atoms with van der Waals surface area (Å²) in [6.07, 6.45) is 0. The van der Waals surface area contributed by atoms with Gasteiger partial charge in [-0.2, -0.15) is 0 Å². The fraction of sp³-hybridized carbons (Fsp3) is 0.500. The lowest BCUT2D eigenvalue weighted by Crippen LogP contribution is -2.52. The van der Waals surface area contributed by atoms with E-state index < -0.39 is 0 Å². The Hall–Kier alpha value is -1.63. The summed E-state index contributed by atoms with van der Waals surface area (Å²) in [5, 5.41) is 5.74. The van der Waals surface area contributed by atoms with Crippen molar-refractivity contribution in [3.63, 3.8) is 0 Å². The third-order valence-electron chi connectivity index (χ3n) is 3.60. The molecule has 2 amide bonds. The van der Waals surface area contributed by atoms with Crippen LogP contribution < -0.4 is 10.6 Å². The molecule has 0 bridgehead atoms. The van der Waals surface area contributed by atoms with Gasteiger partial charge < -0.3 is 20.3 Å². The summed E-state index contributed by atoms with van der Waals surface area (Å²) in [6, 6.07) is 9.44. The highest BCUT2D eigenvalue weighted by molar-refractivity contribution is 5.87. The molecule has 1 aliphatic heterocycles. The number of carbonyl (C=O) groups excluding carboxylic acids is 2. The van der Waals surface area contributed by atoms with Gasteiger partial charge in [0.25, 0.3) is 0 Å². The van der Waals surface area contributed by atoms with E-state index in [4.69, 9.17) is 4.74 Å². The van der Waals surface area contributed by atoms with Crippen LogP contribution >= 0.6 is 12.4 Å². The summed E-state index contributed by atoms with van der Waals surface area (Å²) in [5.41, 5.74) is 1.08. The predicted octanol–water partition coefficient (Wildman–Crippen LogP) is 0.562. The number of nitrogens with one attached hydrogen (secondary N) is 2. The molecule has 1 unspecified atom stereocenters. The molecule has 1 fully saturated rings. The number of morpholine rings is 1. The normalized spacial score (nSPS) is 17.0. The first-order valence-corrected chi connectivity index (χ1v) is 7.61. The summed E-state index contributed by atoms with van der Waals surface area (Å²) >= 11 is 0. The molecular weight excluding hydrogens is 318 g/mol. The van der Waals surface area contributed by atoms with Crippen LogP contribution in [0.1, 0.15) is 12.5 Å². The monoisotopic (exact) mass is 341 g/mol. The van der Waals surface area contributed by atoms with Crippen LogP contribution in [0.15, 0.2) is 30.3 Å². The highest BCUT2D eigenvalue weighted by Crippen LogP contribution is 2.04. The fourth-order valence-corrected chi connectivity index (χ4v) is 2.31. The second-order valence-corrected chi connectivity index (χ2v) is 5.19. The number of nitrogens with zero attached hydrogens (tertiary/aromatic N) is 1. The van der Waals surface area contributed by atoms with Crippen molar-refractivity contribution in [1.82, 2.24) is 15.5 Å². The molecule has 0 spiro atoms. The maximum Gasteiger partial charge on any atom is 0.242 e. The first-order chi connectivity index (χ1) is 10.7. The zero-order valence-electron chi connectivity index (χ0n) is 13.3. The van der Waals surface area contributed by atoms with E-state index in [9.17, 15) is 9.59 Å². The van der Waals surface area contributed by atoms with E-state index >= 15 is 0 Å². The smallest absolute Gasteiger partial charge is 0.242 e. The number of likely N-dealkylation sites (N-methyl/N-ethyl adjacent to an activating group) is 1. The molecule has 2 rings (SSSR count).